The summed E-state index contributed by atoms with van der Waals surface area (Å²) < 4.78 is 0. The van der Waals surface area contributed by atoms with Crippen molar-refractivity contribution in [3.8, 4) is 0 Å². The van der Waals surface area contributed by atoms with Gasteiger partial charge < -0.3 is 0 Å². The van der Waals surface area contributed by atoms with Crippen molar-refractivity contribution in [1.29, 1.82) is 0 Å². The van der Waals surface area contributed by atoms with Crippen molar-refractivity contribution in [2.75, 3.05) is 0 Å². The zero-order valence-electron chi connectivity index (χ0n) is 7.33. The highest BCUT2D eigenvalue weighted by Gasteiger charge is 2.14. The van der Waals surface area contributed by atoms with Crippen LogP contribution in [0.5, 0.6) is 0 Å². The Morgan fingerprint density at radius 3 is 2.45 bits per heavy atom. The van der Waals surface area contributed by atoms with E-state index in [1.165, 1.54) is 0 Å². The van der Waals surface area contributed by atoms with Crippen molar-refractivity contribution in [2.24, 2.45) is 0 Å². The van der Waals surface area contributed by atoms with Gasteiger partial charge in [0.1, 0.15) is 0 Å². The lowest BCUT2D eigenvalue weighted by Crippen LogP contribution is -2.24. The SMILES string of the molecule is C[Si](C)(C)Cc1cnccn1. The second-order valence-electron chi connectivity index (χ2n) is 3.93. The van der Waals surface area contributed by atoms with Crippen LogP contribution in [0.4, 0.5) is 0 Å². The highest BCUT2D eigenvalue weighted by molar-refractivity contribution is 6.75. The van der Waals surface area contributed by atoms with Gasteiger partial charge in [-0.15, -0.1) is 0 Å². The molecule has 1 rings (SSSR count). The van der Waals surface area contributed by atoms with Gasteiger partial charge in [-0.1, -0.05) is 19.6 Å². The zero-order valence-corrected chi connectivity index (χ0v) is 8.33. The molecule has 0 radical (unpaired) electrons. The van der Waals surface area contributed by atoms with E-state index in [0.29, 0.717) is 0 Å². The monoisotopic (exact) mass is 166 g/mol. The summed E-state index contributed by atoms with van der Waals surface area (Å²) in [5.41, 5.74) is 1.13. The van der Waals surface area contributed by atoms with Crippen LogP contribution in [0.15, 0.2) is 18.6 Å². The highest BCUT2D eigenvalue weighted by Crippen LogP contribution is 2.07. The van der Waals surface area contributed by atoms with Crippen molar-refractivity contribution in [2.45, 2.75) is 25.7 Å². The van der Waals surface area contributed by atoms with Crippen LogP contribution in [-0.2, 0) is 6.04 Å². The number of aromatic nitrogens is 2. The fourth-order valence-corrected chi connectivity index (χ4v) is 2.23. The number of hydrogen-bond donors (Lipinski definition) is 0. The second kappa shape index (κ2) is 3.13. The molecule has 0 aromatic carbocycles. The molecule has 0 amide bonds. The summed E-state index contributed by atoms with van der Waals surface area (Å²) in [6, 6.07) is 1.13. The van der Waals surface area contributed by atoms with E-state index in [1.807, 2.05) is 6.20 Å². The van der Waals surface area contributed by atoms with Crippen LogP contribution >= 0.6 is 0 Å². The Hall–Kier alpha value is -0.703. The summed E-state index contributed by atoms with van der Waals surface area (Å²) in [5.74, 6) is 0. The molecule has 0 aliphatic rings. The topological polar surface area (TPSA) is 25.8 Å². The maximum Gasteiger partial charge on any atom is 0.0560 e. The largest absolute Gasteiger partial charge is 0.261 e. The fraction of sp³-hybridized carbons (Fsp3) is 0.500. The molecule has 0 spiro atoms. The van der Waals surface area contributed by atoms with Crippen molar-refractivity contribution < 1.29 is 0 Å². The minimum absolute atomic E-state index is 1.00. The van der Waals surface area contributed by atoms with E-state index in [2.05, 4.69) is 29.6 Å². The van der Waals surface area contributed by atoms with E-state index < -0.39 is 8.07 Å². The minimum Gasteiger partial charge on any atom is -0.261 e. The number of rotatable bonds is 2. The summed E-state index contributed by atoms with van der Waals surface area (Å²) in [7, 11) is -1.00. The molecular formula is C8H14N2Si. The molecule has 0 unspecified atom stereocenters. The van der Waals surface area contributed by atoms with Crippen LogP contribution in [0.3, 0.4) is 0 Å². The summed E-state index contributed by atoms with van der Waals surface area (Å²) in [6.45, 7) is 7.00. The van der Waals surface area contributed by atoms with E-state index in [0.717, 1.165) is 11.7 Å². The third kappa shape index (κ3) is 3.27. The first-order valence-corrected chi connectivity index (χ1v) is 7.53. The van der Waals surface area contributed by atoms with E-state index in [9.17, 15) is 0 Å². The first-order valence-electron chi connectivity index (χ1n) is 3.83. The van der Waals surface area contributed by atoms with Gasteiger partial charge in [0.15, 0.2) is 0 Å². The Balaban J connectivity index is 2.66. The molecule has 0 saturated heterocycles. The molecule has 0 atom stereocenters. The Morgan fingerprint density at radius 2 is 2.00 bits per heavy atom. The molecule has 0 N–H and O–H groups in total. The highest BCUT2D eigenvalue weighted by atomic mass is 28.3. The molecule has 0 aliphatic heterocycles. The molecular weight excluding hydrogens is 152 g/mol. The lowest BCUT2D eigenvalue weighted by atomic mass is 10.5. The van der Waals surface area contributed by atoms with Crippen molar-refractivity contribution >= 4 is 8.07 Å². The van der Waals surface area contributed by atoms with Gasteiger partial charge >= 0.3 is 0 Å². The van der Waals surface area contributed by atoms with Crippen LogP contribution in [0, 0.1) is 0 Å². The smallest absolute Gasteiger partial charge is 0.0560 e. The van der Waals surface area contributed by atoms with Gasteiger partial charge in [-0.05, 0) is 6.04 Å². The normalized spacial score (nSPS) is 11.5. The lowest BCUT2D eigenvalue weighted by Gasteiger charge is -2.13. The lowest BCUT2D eigenvalue weighted by molar-refractivity contribution is 1.07. The fourth-order valence-electron chi connectivity index (χ4n) is 0.965. The first kappa shape index (κ1) is 8.39. The number of hydrogen-bond acceptors (Lipinski definition) is 2. The Bertz CT molecular complexity index is 215. The van der Waals surface area contributed by atoms with E-state index in [-0.39, 0.29) is 0 Å². The molecule has 0 saturated carbocycles. The van der Waals surface area contributed by atoms with E-state index >= 15 is 0 Å². The molecule has 60 valence electrons. The summed E-state index contributed by atoms with van der Waals surface area (Å²) >= 11 is 0. The third-order valence-electron chi connectivity index (χ3n) is 1.33. The molecule has 2 nitrogen and oxygen atoms in total. The average Bonchev–Trinajstić information content (AvgIpc) is 1.85. The van der Waals surface area contributed by atoms with Crippen LogP contribution < -0.4 is 0 Å². The maximum atomic E-state index is 4.24. The summed E-state index contributed by atoms with van der Waals surface area (Å²) in [4.78, 5) is 8.26. The van der Waals surface area contributed by atoms with Crippen molar-refractivity contribution in [1.82, 2.24) is 9.97 Å². The summed E-state index contributed by atoms with van der Waals surface area (Å²) in [6.07, 6.45) is 5.33. The minimum atomic E-state index is -1.00. The van der Waals surface area contributed by atoms with Crippen LogP contribution in [0.2, 0.25) is 19.6 Å². The molecule has 0 fully saturated rings. The molecule has 11 heavy (non-hydrogen) atoms. The van der Waals surface area contributed by atoms with E-state index in [4.69, 9.17) is 0 Å². The van der Waals surface area contributed by atoms with Crippen LogP contribution in [-0.4, -0.2) is 18.0 Å². The molecule has 0 bridgehead atoms. The predicted molar refractivity (Wildman–Crippen MR) is 49.1 cm³/mol. The van der Waals surface area contributed by atoms with Crippen LogP contribution in [0.1, 0.15) is 5.69 Å². The standard InChI is InChI=1S/C8H14N2Si/c1-11(2,3)7-8-6-9-4-5-10-8/h4-6H,7H2,1-3H3. The Labute approximate surface area is 68.7 Å². The van der Waals surface area contributed by atoms with Crippen LogP contribution in [0.25, 0.3) is 0 Å². The first-order chi connectivity index (χ1) is 5.08. The average molecular weight is 166 g/mol. The van der Waals surface area contributed by atoms with Gasteiger partial charge in [-0.2, -0.15) is 0 Å². The van der Waals surface area contributed by atoms with Crippen molar-refractivity contribution in [3.05, 3.63) is 24.3 Å². The molecule has 1 heterocycles. The number of nitrogens with zero attached hydrogens (tertiary/aromatic N) is 2. The van der Waals surface area contributed by atoms with Gasteiger partial charge in [-0.25, -0.2) is 0 Å². The predicted octanol–water partition coefficient (Wildman–Crippen LogP) is 1.90. The van der Waals surface area contributed by atoms with E-state index in [1.54, 1.807) is 12.4 Å². The quantitative estimate of drug-likeness (QED) is 0.627. The zero-order chi connectivity index (χ0) is 8.32. The molecule has 1 aromatic rings. The molecule has 3 heteroatoms. The van der Waals surface area contributed by atoms with Gasteiger partial charge in [0, 0.05) is 18.6 Å². The van der Waals surface area contributed by atoms with Gasteiger partial charge in [0.05, 0.1) is 13.8 Å². The Kier molecular flexibility index (Phi) is 2.39. The van der Waals surface area contributed by atoms with Gasteiger partial charge in [0.2, 0.25) is 0 Å². The Morgan fingerprint density at radius 1 is 1.27 bits per heavy atom. The van der Waals surface area contributed by atoms with Gasteiger partial charge in [-0.3, -0.25) is 9.97 Å². The maximum absolute atomic E-state index is 4.24. The molecule has 1 aromatic heterocycles. The van der Waals surface area contributed by atoms with Gasteiger partial charge in [0.25, 0.3) is 0 Å². The molecule has 0 aliphatic carbocycles. The summed E-state index contributed by atoms with van der Waals surface area (Å²) in [5, 5.41) is 0. The third-order valence-corrected chi connectivity index (χ3v) is 2.75. The second-order valence-corrected chi connectivity index (χ2v) is 9.41. The van der Waals surface area contributed by atoms with Crippen molar-refractivity contribution in [3.63, 3.8) is 0 Å².